The molecule has 0 bridgehead atoms. The lowest BCUT2D eigenvalue weighted by Gasteiger charge is -2.14. The van der Waals surface area contributed by atoms with Gasteiger partial charge >= 0.3 is 0 Å². The number of hydrogen-bond donors (Lipinski definition) is 0. The van der Waals surface area contributed by atoms with Crippen molar-refractivity contribution in [3.63, 3.8) is 0 Å². The van der Waals surface area contributed by atoms with Crippen molar-refractivity contribution in [2.45, 2.75) is 6.42 Å². The minimum absolute atomic E-state index is 0.0428. The zero-order valence-electron chi connectivity index (χ0n) is 7.99. The Morgan fingerprint density at radius 1 is 1.60 bits per heavy atom. The lowest BCUT2D eigenvalue weighted by Crippen LogP contribution is -2.25. The summed E-state index contributed by atoms with van der Waals surface area (Å²) in [6.07, 6.45) is 0.418. The fourth-order valence-electron chi connectivity index (χ4n) is 1.65. The molecule has 15 heavy (non-hydrogen) atoms. The topological polar surface area (TPSA) is 33.2 Å². The number of anilines is 1. The van der Waals surface area contributed by atoms with E-state index >= 15 is 0 Å². The van der Waals surface area contributed by atoms with Gasteiger partial charge in [0.1, 0.15) is 5.82 Å². The van der Waals surface area contributed by atoms with E-state index in [1.54, 1.807) is 12.1 Å². The van der Waals surface area contributed by atoms with E-state index in [-0.39, 0.29) is 11.8 Å². The highest BCUT2D eigenvalue weighted by molar-refractivity contribution is 6.18. The third-order valence-electron chi connectivity index (χ3n) is 2.40. The molecule has 1 aromatic rings. The van der Waals surface area contributed by atoms with Gasteiger partial charge in [-0.1, -0.05) is 6.07 Å². The highest BCUT2D eigenvalue weighted by Gasteiger charge is 2.30. The average Bonchev–Trinajstić information content (AvgIpc) is 2.60. The van der Waals surface area contributed by atoms with Crippen LogP contribution in [0.25, 0.3) is 0 Å². The van der Waals surface area contributed by atoms with Crippen molar-refractivity contribution in [1.82, 2.24) is 4.98 Å². The Morgan fingerprint density at radius 2 is 2.40 bits per heavy atom. The average molecular weight is 229 g/mol. The summed E-state index contributed by atoms with van der Waals surface area (Å²) < 4.78 is 12.9. The molecule has 1 atom stereocenters. The van der Waals surface area contributed by atoms with E-state index in [1.807, 2.05) is 0 Å². The number of rotatable bonds is 2. The van der Waals surface area contributed by atoms with E-state index in [0.717, 1.165) is 0 Å². The highest BCUT2D eigenvalue weighted by Crippen LogP contribution is 2.24. The second-order valence-corrected chi connectivity index (χ2v) is 3.86. The van der Waals surface area contributed by atoms with Crippen LogP contribution in [0.5, 0.6) is 0 Å². The molecule has 1 saturated heterocycles. The van der Waals surface area contributed by atoms with Crippen molar-refractivity contribution < 1.29 is 9.18 Å². The van der Waals surface area contributed by atoms with E-state index < -0.39 is 5.95 Å². The molecule has 0 aromatic carbocycles. The lowest BCUT2D eigenvalue weighted by molar-refractivity contribution is -0.117. The monoisotopic (exact) mass is 228 g/mol. The van der Waals surface area contributed by atoms with Gasteiger partial charge in [0.05, 0.1) is 0 Å². The van der Waals surface area contributed by atoms with Crippen LogP contribution in [0.3, 0.4) is 0 Å². The van der Waals surface area contributed by atoms with Crippen molar-refractivity contribution in [1.29, 1.82) is 0 Å². The summed E-state index contributed by atoms with van der Waals surface area (Å²) >= 11 is 5.68. The molecule has 80 valence electrons. The molecule has 3 nitrogen and oxygen atoms in total. The maximum absolute atomic E-state index is 12.9. The summed E-state index contributed by atoms with van der Waals surface area (Å²) in [5.41, 5.74) is 0. The number of halogens is 2. The summed E-state index contributed by atoms with van der Waals surface area (Å²) in [5, 5.41) is 0. The maximum atomic E-state index is 12.9. The van der Waals surface area contributed by atoms with Crippen LogP contribution in [0.15, 0.2) is 18.2 Å². The molecule has 5 heteroatoms. The Labute approximate surface area is 91.9 Å². The van der Waals surface area contributed by atoms with Gasteiger partial charge in [0, 0.05) is 18.8 Å². The fraction of sp³-hybridized carbons (Fsp3) is 0.400. The molecular weight excluding hydrogens is 219 g/mol. The van der Waals surface area contributed by atoms with E-state index in [9.17, 15) is 9.18 Å². The van der Waals surface area contributed by atoms with Crippen LogP contribution in [-0.4, -0.2) is 23.3 Å². The predicted molar refractivity (Wildman–Crippen MR) is 55.4 cm³/mol. The fourth-order valence-corrected chi connectivity index (χ4v) is 1.86. The molecule has 0 saturated carbocycles. The molecule has 1 aliphatic heterocycles. The molecule has 1 aliphatic rings. The molecule has 0 aliphatic carbocycles. The number of aromatic nitrogens is 1. The first-order valence-corrected chi connectivity index (χ1v) is 5.23. The quantitative estimate of drug-likeness (QED) is 0.571. The second-order valence-electron chi connectivity index (χ2n) is 3.55. The zero-order chi connectivity index (χ0) is 10.8. The van der Waals surface area contributed by atoms with Crippen molar-refractivity contribution in [2.75, 3.05) is 17.3 Å². The minimum Gasteiger partial charge on any atom is -0.296 e. The first kappa shape index (κ1) is 10.4. The number of alkyl halides is 1. The molecule has 0 N–H and O–H groups in total. The minimum atomic E-state index is -0.574. The lowest BCUT2D eigenvalue weighted by atomic mass is 10.1. The zero-order valence-corrected chi connectivity index (χ0v) is 8.75. The van der Waals surface area contributed by atoms with Crippen molar-refractivity contribution in [2.24, 2.45) is 5.92 Å². The number of carbonyl (C=O) groups is 1. The molecule has 1 unspecified atom stereocenters. The Hall–Kier alpha value is -1.16. The largest absolute Gasteiger partial charge is 0.296 e. The smallest absolute Gasteiger partial charge is 0.228 e. The van der Waals surface area contributed by atoms with Crippen LogP contribution < -0.4 is 4.90 Å². The van der Waals surface area contributed by atoms with Crippen LogP contribution in [0, 0.1) is 11.9 Å². The summed E-state index contributed by atoms with van der Waals surface area (Å²) in [4.78, 5) is 16.7. The molecule has 2 rings (SSSR count). The molecule has 0 radical (unpaired) electrons. The number of carbonyl (C=O) groups excluding carboxylic acids is 1. The molecule has 0 spiro atoms. The van der Waals surface area contributed by atoms with Crippen LogP contribution >= 0.6 is 11.6 Å². The van der Waals surface area contributed by atoms with Crippen molar-refractivity contribution in [3.8, 4) is 0 Å². The predicted octanol–water partition coefficient (Wildman–Crippen LogP) is 1.81. The van der Waals surface area contributed by atoms with Gasteiger partial charge in [0.25, 0.3) is 0 Å². The van der Waals surface area contributed by atoms with E-state index in [4.69, 9.17) is 11.6 Å². The van der Waals surface area contributed by atoms with Crippen molar-refractivity contribution in [3.05, 3.63) is 24.1 Å². The molecular formula is C10H10ClFN2O. The van der Waals surface area contributed by atoms with Crippen LogP contribution in [-0.2, 0) is 4.79 Å². The number of hydrogen-bond acceptors (Lipinski definition) is 2. The van der Waals surface area contributed by atoms with Crippen LogP contribution in [0.2, 0.25) is 0 Å². The van der Waals surface area contributed by atoms with E-state index in [2.05, 4.69) is 4.98 Å². The molecule has 1 aromatic heterocycles. The number of amides is 1. The SMILES string of the molecule is O=C1CC(CCl)CN1c1cccc(F)n1. The van der Waals surface area contributed by atoms with Crippen LogP contribution in [0.4, 0.5) is 10.2 Å². The number of nitrogens with zero attached hydrogens (tertiary/aromatic N) is 2. The maximum Gasteiger partial charge on any atom is 0.228 e. The molecule has 1 amide bonds. The van der Waals surface area contributed by atoms with Gasteiger partial charge in [-0.05, 0) is 18.1 Å². The normalized spacial score (nSPS) is 21.1. The Balaban J connectivity index is 2.21. The van der Waals surface area contributed by atoms with Gasteiger partial charge in [-0.15, -0.1) is 11.6 Å². The Morgan fingerprint density at radius 3 is 3.00 bits per heavy atom. The van der Waals surface area contributed by atoms with Gasteiger partial charge in [-0.3, -0.25) is 9.69 Å². The van der Waals surface area contributed by atoms with Gasteiger partial charge < -0.3 is 0 Å². The second kappa shape index (κ2) is 4.14. The third kappa shape index (κ3) is 2.09. The standard InChI is InChI=1S/C10H10ClFN2O/c11-5-7-4-10(15)14(6-7)9-3-1-2-8(12)13-9/h1-3,7H,4-6H2. The molecule has 1 fully saturated rings. The summed E-state index contributed by atoms with van der Waals surface area (Å²) in [6.45, 7) is 0.527. The highest BCUT2D eigenvalue weighted by atomic mass is 35.5. The van der Waals surface area contributed by atoms with E-state index in [1.165, 1.54) is 11.0 Å². The number of pyridine rings is 1. The van der Waals surface area contributed by atoms with Gasteiger partial charge in [0.2, 0.25) is 11.9 Å². The van der Waals surface area contributed by atoms with Crippen molar-refractivity contribution >= 4 is 23.3 Å². The van der Waals surface area contributed by atoms with Gasteiger partial charge in [-0.25, -0.2) is 4.98 Å². The first-order chi connectivity index (χ1) is 7.20. The van der Waals surface area contributed by atoms with Gasteiger partial charge in [-0.2, -0.15) is 4.39 Å². The first-order valence-electron chi connectivity index (χ1n) is 4.69. The summed E-state index contributed by atoms with van der Waals surface area (Å²) in [5.74, 6) is 0.336. The molecule has 2 heterocycles. The van der Waals surface area contributed by atoms with Crippen LogP contribution in [0.1, 0.15) is 6.42 Å². The Bertz CT molecular complexity index is 385. The summed E-state index contributed by atoms with van der Waals surface area (Å²) in [7, 11) is 0. The summed E-state index contributed by atoms with van der Waals surface area (Å²) in [6, 6.07) is 4.42. The van der Waals surface area contributed by atoms with Gasteiger partial charge in [0.15, 0.2) is 0 Å². The van der Waals surface area contributed by atoms with E-state index in [0.29, 0.717) is 24.7 Å². The Kier molecular flexibility index (Phi) is 2.86. The third-order valence-corrected chi connectivity index (χ3v) is 2.84.